The Labute approximate surface area is 178 Å². The molecule has 0 aromatic heterocycles. The molecule has 166 valence electrons. The van der Waals surface area contributed by atoms with E-state index in [1.807, 2.05) is 32.6 Å². The minimum atomic E-state index is -0.766. The number of hydrogen-bond acceptors (Lipinski definition) is 3. The molecule has 1 saturated heterocycles. The second kappa shape index (κ2) is 11.1. The van der Waals surface area contributed by atoms with Gasteiger partial charge in [0.25, 0.3) is 5.91 Å². The third-order valence-corrected chi connectivity index (χ3v) is 5.32. The van der Waals surface area contributed by atoms with E-state index in [1.165, 1.54) is 18.2 Å². The zero-order chi connectivity index (χ0) is 22.3. The van der Waals surface area contributed by atoms with Crippen molar-refractivity contribution in [1.82, 2.24) is 15.5 Å². The molecule has 0 bridgehead atoms. The highest BCUT2D eigenvalue weighted by molar-refractivity contribution is 5.97. The smallest absolute Gasteiger partial charge is 0.254 e. The Morgan fingerprint density at radius 2 is 1.70 bits per heavy atom. The van der Waals surface area contributed by atoms with Crippen LogP contribution in [0.4, 0.5) is 4.39 Å². The van der Waals surface area contributed by atoms with Crippen LogP contribution in [0.3, 0.4) is 0 Å². The fourth-order valence-electron chi connectivity index (χ4n) is 3.64. The van der Waals surface area contributed by atoms with Crippen molar-refractivity contribution in [2.24, 2.45) is 17.8 Å². The molecule has 1 aliphatic rings. The van der Waals surface area contributed by atoms with Crippen LogP contribution in [0.15, 0.2) is 24.3 Å². The number of rotatable bonds is 8. The number of nitrogens with zero attached hydrogens (tertiary/aromatic N) is 1. The fourth-order valence-corrected chi connectivity index (χ4v) is 3.64. The first-order chi connectivity index (χ1) is 14.2. The van der Waals surface area contributed by atoms with Crippen molar-refractivity contribution in [2.75, 3.05) is 19.6 Å². The van der Waals surface area contributed by atoms with E-state index in [1.54, 1.807) is 6.07 Å². The number of hydrogen-bond donors (Lipinski definition) is 2. The first-order valence-electron chi connectivity index (χ1n) is 10.8. The van der Waals surface area contributed by atoms with Crippen LogP contribution in [0.5, 0.6) is 0 Å². The van der Waals surface area contributed by atoms with Crippen molar-refractivity contribution in [1.29, 1.82) is 0 Å². The number of nitrogens with one attached hydrogen (secondary N) is 2. The summed E-state index contributed by atoms with van der Waals surface area (Å²) in [5, 5.41) is 5.63. The minimum absolute atomic E-state index is 0.0799. The van der Waals surface area contributed by atoms with Gasteiger partial charge in [0, 0.05) is 26.1 Å². The Kier molecular flexibility index (Phi) is 8.81. The van der Waals surface area contributed by atoms with Crippen molar-refractivity contribution < 1.29 is 18.8 Å². The van der Waals surface area contributed by atoms with E-state index in [-0.39, 0.29) is 29.2 Å². The van der Waals surface area contributed by atoms with E-state index >= 15 is 0 Å². The van der Waals surface area contributed by atoms with E-state index in [9.17, 15) is 18.8 Å². The van der Waals surface area contributed by atoms with Gasteiger partial charge in [-0.25, -0.2) is 4.39 Å². The molecule has 0 spiro atoms. The summed E-state index contributed by atoms with van der Waals surface area (Å²) in [5.41, 5.74) is -0.0799. The average Bonchev–Trinajstić information content (AvgIpc) is 2.70. The minimum Gasteiger partial charge on any atom is -0.354 e. The maximum absolute atomic E-state index is 14.0. The summed E-state index contributed by atoms with van der Waals surface area (Å²) < 4.78 is 14.0. The molecule has 1 atom stereocenters. The van der Waals surface area contributed by atoms with Crippen LogP contribution in [0.1, 0.15) is 57.3 Å². The predicted octanol–water partition coefficient (Wildman–Crippen LogP) is 2.98. The number of carbonyl (C=O) groups excluding carboxylic acids is 3. The van der Waals surface area contributed by atoms with E-state index in [0.717, 1.165) is 0 Å². The fraction of sp³-hybridized carbons (Fsp3) is 0.609. The summed E-state index contributed by atoms with van der Waals surface area (Å²) in [6.45, 7) is 9.62. The SMILES string of the molecule is CC(C)CNC(=O)C(NC(=O)c1ccccc1F)C1CCN(C(=O)CC(C)C)CC1. The predicted molar refractivity (Wildman–Crippen MR) is 114 cm³/mol. The van der Waals surface area contributed by atoms with Crippen LogP contribution < -0.4 is 10.6 Å². The highest BCUT2D eigenvalue weighted by Gasteiger charge is 2.34. The number of carbonyl (C=O) groups is 3. The molecule has 1 unspecified atom stereocenters. The number of halogens is 1. The van der Waals surface area contributed by atoms with Gasteiger partial charge in [-0.3, -0.25) is 14.4 Å². The largest absolute Gasteiger partial charge is 0.354 e. The van der Waals surface area contributed by atoms with Crippen LogP contribution in [-0.2, 0) is 9.59 Å². The van der Waals surface area contributed by atoms with Gasteiger partial charge in [-0.1, -0.05) is 39.8 Å². The summed E-state index contributed by atoms with van der Waals surface area (Å²) in [5.74, 6) is -0.908. The number of piperidine rings is 1. The molecule has 2 rings (SSSR count). The van der Waals surface area contributed by atoms with Crippen molar-refractivity contribution in [3.05, 3.63) is 35.6 Å². The molecule has 2 N–H and O–H groups in total. The van der Waals surface area contributed by atoms with E-state index in [2.05, 4.69) is 10.6 Å². The lowest BCUT2D eigenvalue weighted by Gasteiger charge is -2.36. The van der Waals surface area contributed by atoms with Crippen LogP contribution in [0.25, 0.3) is 0 Å². The van der Waals surface area contributed by atoms with E-state index in [4.69, 9.17) is 0 Å². The molecular formula is C23H34FN3O3. The van der Waals surface area contributed by atoms with Gasteiger partial charge in [-0.2, -0.15) is 0 Å². The molecule has 1 heterocycles. The molecule has 6 nitrogen and oxygen atoms in total. The Morgan fingerprint density at radius 3 is 2.27 bits per heavy atom. The molecule has 1 aliphatic heterocycles. The molecule has 30 heavy (non-hydrogen) atoms. The molecule has 0 radical (unpaired) electrons. The molecule has 1 aromatic rings. The first kappa shape index (κ1) is 23.8. The van der Waals surface area contributed by atoms with Gasteiger partial charge in [-0.05, 0) is 42.7 Å². The lowest BCUT2D eigenvalue weighted by molar-refractivity contribution is -0.133. The Morgan fingerprint density at radius 1 is 1.07 bits per heavy atom. The third kappa shape index (κ3) is 6.82. The number of amides is 3. The highest BCUT2D eigenvalue weighted by atomic mass is 19.1. The van der Waals surface area contributed by atoms with Gasteiger partial charge in [-0.15, -0.1) is 0 Å². The van der Waals surface area contributed by atoms with Gasteiger partial charge in [0.2, 0.25) is 11.8 Å². The lowest BCUT2D eigenvalue weighted by Crippen LogP contribution is -2.54. The van der Waals surface area contributed by atoms with Gasteiger partial charge in [0.15, 0.2) is 0 Å². The van der Waals surface area contributed by atoms with Gasteiger partial charge < -0.3 is 15.5 Å². The average molecular weight is 420 g/mol. The van der Waals surface area contributed by atoms with E-state index < -0.39 is 17.8 Å². The van der Waals surface area contributed by atoms with Crippen molar-refractivity contribution in [3.8, 4) is 0 Å². The second-order valence-corrected chi connectivity index (χ2v) is 8.89. The molecular weight excluding hydrogens is 385 g/mol. The molecule has 1 fully saturated rings. The summed E-state index contributed by atoms with van der Waals surface area (Å²) in [7, 11) is 0. The quantitative estimate of drug-likeness (QED) is 0.680. The topological polar surface area (TPSA) is 78.5 Å². The first-order valence-corrected chi connectivity index (χ1v) is 10.8. The standard InChI is InChI=1S/C23H34FN3O3/c1-15(2)13-20(28)27-11-9-17(10-12-27)21(23(30)25-14-16(3)4)26-22(29)18-7-5-6-8-19(18)24/h5-8,15-17,21H,9-14H2,1-4H3,(H,25,30)(H,26,29). The van der Waals surface area contributed by atoms with Crippen LogP contribution in [0.2, 0.25) is 0 Å². The number of benzene rings is 1. The number of likely N-dealkylation sites (tertiary alicyclic amines) is 1. The van der Waals surface area contributed by atoms with Gasteiger partial charge >= 0.3 is 0 Å². The highest BCUT2D eigenvalue weighted by Crippen LogP contribution is 2.23. The summed E-state index contributed by atoms with van der Waals surface area (Å²) in [6.07, 6.45) is 1.73. The second-order valence-electron chi connectivity index (χ2n) is 8.89. The molecule has 0 aliphatic carbocycles. The van der Waals surface area contributed by atoms with Crippen LogP contribution in [0, 0.1) is 23.6 Å². The monoisotopic (exact) mass is 419 g/mol. The Hall–Kier alpha value is -2.44. The van der Waals surface area contributed by atoms with Crippen LogP contribution >= 0.6 is 0 Å². The summed E-state index contributed by atoms with van der Waals surface area (Å²) in [6, 6.07) is 4.97. The zero-order valence-electron chi connectivity index (χ0n) is 18.4. The van der Waals surface area contributed by atoms with Crippen LogP contribution in [-0.4, -0.2) is 48.3 Å². The summed E-state index contributed by atoms with van der Waals surface area (Å²) in [4.78, 5) is 39.7. The molecule has 1 aromatic carbocycles. The van der Waals surface area contributed by atoms with Gasteiger partial charge in [0.1, 0.15) is 11.9 Å². The maximum atomic E-state index is 14.0. The van der Waals surface area contributed by atoms with Gasteiger partial charge in [0.05, 0.1) is 5.56 Å². The zero-order valence-corrected chi connectivity index (χ0v) is 18.4. The van der Waals surface area contributed by atoms with Crippen molar-refractivity contribution >= 4 is 17.7 Å². The lowest BCUT2D eigenvalue weighted by atomic mass is 9.88. The molecule has 3 amide bonds. The normalized spacial score (nSPS) is 15.9. The molecule has 7 heteroatoms. The maximum Gasteiger partial charge on any atom is 0.254 e. The molecule has 0 saturated carbocycles. The van der Waals surface area contributed by atoms with Crippen molar-refractivity contribution in [3.63, 3.8) is 0 Å². The van der Waals surface area contributed by atoms with E-state index in [0.29, 0.717) is 44.8 Å². The summed E-state index contributed by atoms with van der Waals surface area (Å²) >= 11 is 0. The Bertz CT molecular complexity index is 743. The third-order valence-electron chi connectivity index (χ3n) is 5.32. The van der Waals surface area contributed by atoms with Crippen molar-refractivity contribution in [2.45, 2.75) is 53.0 Å². The Balaban J connectivity index is 2.08.